The molecule has 0 saturated carbocycles. The van der Waals surface area contributed by atoms with Crippen molar-refractivity contribution in [1.29, 1.82) is 0 Å². The number of carbonyl (C=O) groups is 1. The molecular formula is C21H21N3O4. The number of imidazole rings is 1. The van der Waals surface area contributed by atoms with Gasteiger partial charge < -0.3 is 9.84 Å². The Morgan fingerprint density at radius 2 is 1.93 bits per heavy atom. The highest BCUT2D eigenvalue weighted by Gasteiger charge is 2.49. The molecule has 2 atom stereocenters. The average molecular weight is 379 g/mol. The molecule has 2 bridgehead atoms. The zero-order valence-electron chi connectivity index (χ0n) is 15.7. The van der Waals surface area contributed by atoms with Crippen molar-refractivity contribution in [3.05, 3.63) is 58.6 Å². The number of nitrogens with zero attached hydrogens (tertiary/aromatic N) is 3. The summed E-state index contributed by atoms with van der Waals surface area (Å²) >= 11 is 0. The summed E-state index contributed by atoms with van der Waals surface area (Å²) < 4.78 is 8.33. The lowest BCUT2D eigenvalue weighted by Crippen LogP contribution is -2.38. The molecule has 144 valence electrons. The number of rotatable bonds is 2. The highest BCUT2D eigenvalue weighted by atomic mass is 16.6. The predicted molar refractivity (Wildman–Crippen MR) is 104 cm³/mol. The van der Waals surface area contributed by atoms with Crippen molar-refractivity contribution >= 4 is 16.9 Å². The summed E-state index contributed by atoms with van der Waals surface area (Å²) in [4.78, 5) is 27.2. The van der Waals surface area contributed by atoms with Crippen LogP contribution in [0.2, 0.25) is 0 Å². The second-order valence-electron chi connectivity index (χ2n) is 7.69. The smallest absolute Gasteiger partial charge is 0.410 e. The molecular weight excluding hydrogens is 358 g/mol. The van der Waals surface area contributed by atoms with Crippen molar-refractivity contribution < 1.29 is 14.6 Å². The number of amides is 1. The molecule has 2 unspecified atom stereocenters. The van der Waals surface area contributed by atoms with Crippen molar-refractivity contribution in [3.8, 4) is 11.6 Å². The molecule has 0 spiro atoms. The van der Waals surface area contributed by atoms with Crippen LogP contribution in [0.4, 0.5) is 4.79 Å². The number of aromatic hydroxyl groups is 1. The number of benzene rings is 2. The maximum atomic E-state index is 13.2. The minimum atomic E-state index is -0.404. The lowest BCUT2D eigenvalue weighted by molar-refractivity contribution is 0.0688. The molecule has 1 aromatic heterocycles. The monoisotopic (exact) mass is 379 g/mol. The second kappa shape index (κ2) is 5.89. The quantitative estimate of drug-likeness (QED) is 0.741. The van der Waals surface area contributed by atoms with E-state index in [0.29, 0.717) is 24.3 Å². The minimum Gasteiger partial charge on any atom is -0.493 e. The average Bonchev–Trinajstić information content (AvgIpc) is 3.33. The number of fused-ring (bicyclic) bond motifs is 6. The summed E-state index contributed by atoms with van der Waals surface area (Å²) in [7, 11) is 0. The molecule has 28 heavy (non-hydrogen) atoms. The molecule has 1 saturated heterocycles. The van der Waals surface area contributed by atoms with Gasteiger partial charge in [-0.05, 0) is 31.7 Å². The van der Waals surface area contributed by atoms with Gasteiger partial charge in [0.2, 0.25) is 5.88 Å². The van der Waals surface area contributed by atoms with E-state index in [-0.39, 0.29) is 29.8 Å². The van der Waals surface area contributed by atoms with Gasteiger partial charge >= 0.3 is 11.8 Å². The van der Waals surface area contributed by atoms with Gasteiger partial charge in [-0.1, -0.05) is 36.4 Å². The molecule has 3 heterocycles. The minimum absolute atomic E-state index is 0.101. The molecule has 0 aliphatic carbocycles. The van der Waals surface area contributed by atoms with E-state index in [1.807, 2.05) is 42.5 Å². The highest BCUT2D eigenvalue weighted by Crippen LogP contribution is 2.49. The van der Waals surface area contributed by atoms with Crippen LogP contribution in [0, 0.1) is 0 Å². The van der Waals surface area contributed by atoms with Crippen molar-refractivity contribution in [2.24, 2.45) is 0 Å². The summed E-state index contributed by atoms with van der Waals surface area (Å²) in [6, 6.07) is 12.9. The third kappa shape index (κ3) is 2.22. The van der Waals surface area contributed by atoms with E-state index in [1.54, 1.807) is 23.3 Å². The fraction of sp³-hybridized carbons (Fsp3) is 0.333. The van der Waals surface area contributed by atoms with Crippen LogP contribution in [0.3, 0.4) is 0 Å². The fourth-order valence-electron chi connectivity index (χ4n) is 4.54. The molecule has 2 aliphatic heterocycles. The zero-order chi connectivity index (χ0) is 19.6. The van der Waals surface area contributed by atoms with E-state index in [9.17, 15) is 14.7 Å². The number of ether oxygens (including phenoxy) is 1. The first-order valence-corrected chi connectivity index (χ1v) is 9.49. The van der Waals surface area contributed by atoms with Crippen molar-refractivity contribution in [3.63, 3.8) is 0 Å². The largest absolute Gasteiger partial charge is 0.493 e. The standard InChI is InChI=1S/C21H21N3O4/c1-12(2)28-21(27)22-11-14-10-17(22)18-19(25)24(20(26)23(14)18)16-9-5-7-13-6-3-4-8-15(13)16/h3-9,12,14,17,25H,10-11H2,1-2H3. The molecule has 5 rings (SSSR count). The topological polar surface area (TPSA) is 76.7 Å². The van der Waals surface area contributed by atoms with E-state index in [2.05, 4.69) is 0 Å². The van der Waals surface area contributed by atoms with Crippen LogP contribution < -0.4 is 5.69 Å². The van der Waals surface area contributed by atoms with Gasteiger partial charge in [-0.25, -0.2) is 14.2 Å². The lowest BCUT2D eigenvalue weighted by atomic mass is 10.1. The maximum Gasteiger partial charge on any atom is 0.410 e. The Kier molecular flexibility index (Phi) is 3.56. The third-order valence-corrected chi connectivity index (χ3v) is 5.64. The summed E-state index contributed by atoms with van der Waals surface area (Å²) in [6.45, 7) is 4.02. The van der Waals surface area contributed by atoms with Crippen LogP contribution in [0.25, 0.3) is 16.5 Å². The molecule has 3 aromatic rings. The van der Waals surface area contributed by atoms with Gasteiger partial charge in [-0.3, -0.25) is 9.47 Å². The predicted octanol–water partition coefficient (Wildman–Crippen LogP) is 3.34. The Morgan fingerprint density at radius 3 is 2.71 bits per heavy atom. The van der Waals surface area contributed by atoms with Gasteiger partial charge in [0, 0.05) is 11.9 Å². The number of aromatic nitrogens is 2. The van der Waals surface area contributed by atoms with Gasteiger partial charge in [0.15, 0.2) is 0 Å². The summed E-state index contributed by atoms with van der Waals surface area (Å²) in [5.41, 5.74) is 0.862. The van der Waals surface area contributed by atoms with E-state index in [0.717, 1.165) is 10.8 Å². The Bertz CT molecular complexity index is 1150. The van der Waals surface area contributed by atoms with Crippen LogP contribution in [-0.4, -0.2) is 37.9 Å². The number of carbonyl (C=O) groups excluding carboxylic acids is 1. The van der Waals surface area contributed by atoms with Gasteiger partial charge in [-0.2, -0.15) is 0 Å². The number of hydrogen-bond acceptors (Lipinski definition) is 4. The van der Waals surface area contributed by atoms with Crippen LogP contribution in [0.15, 0.2) is 47.3 Å². The Balaban J connectivity index is 1.64. The molecule has 0 radical (unpaired) electrons. The molecule has 7 heteroatoms. The third-order valence-electron chi connectivity index (χ3n) is 5.64. The van der Waals surface area contributed by atoms with Gasteiger partial charge in [-0.15, -0.1) is 0 Å². The Labute approximate surface area is 161 Å². The first kappa shape index (κ1) is 16.9. The van der Waals surface area contributed by atoms with Crippen molar-refractivity contribution in [2.75, 3.05) is 6.54 Å². The molecule has 2 aromatic carbocycles. The summed E-state index contributed by atoms with van der Waals surface area (Å²) in [5.74, 6) is -0.101. The summed E-state index contributed by atoms with van der Waals surface area (Å²) in [6.07, 6.45) is 0.00281. The Morgan fingerprint density at radius 1 is 1.18 bits per heavy atom. The SMILES string of the molecule is CC(C)OC(=O)N1CC2CC1c1c(O)n(-c3cccc4ccccc34)c(=O)n12. The second-order valence-corrected chi connectivity index (χ2v) is 7.69. The normalized spacial score (nSPS) is 20.2. The Hall–Kier alpha value is -3.22. The van der Waals surface area contributed by atoms with E-state index >= 15 is 0 Å². The maximum absolute atomic E-state index is 13.2. The van der Waals surface area contributed by atoms with E-state index < -0.39 is 6.09 Å². The van der Waals surface area contributed by atoms with E-state index in [1.165, 1.54) is 4.57 Å². The lowest BCUT2D eigenvalue weighted by Gasteiger charge is -2.27. The highest BCUT2D eigenvalue weighted by molar-refractivity contribution is 5.90. The molecule has 2 aliphatic rings. The van der Waals surface area contributed by atoms with Crippen molar-refractivity contribution in [1.82, 2.24) is 14.0 Å². The molecule has 1 N–H and O–H groups in total. The van der Waals surface area contributed by atoms with Crippen LogP contribution in [0.5, 0.6) is 5.88 Å². The summed E-state index contributed by atoms with van der Waals surface area (Å²) in [5, 5.41) is 12.9. The first-order chi connectivity index (χ1) is 13.5. The number of likely N-dealkylation sites (tertiary alicyclic amines) is 1. The molecule has 1 fully saturated rings. The number of hydrogen-bond donors (Lipinski definition) is 1. The van der Waals surface area contributed by atoms with Gasteiger partial charge in [0.1, 0.15) is 5.69 Å². The first-order valence-electron chi connectivity index (χ1n) is 9.49. The van der Waals surface area contributed by atoms with Gasteiger partial charge in [0.05, 0.1) is 23.9 Å². The van der Waals surface area contributed by atoms with Crippen molar-refractivity contribution in [2.45, 2.75) is 38.5 Å². The zero-order valence-corrected chi connectivity index (χ0v) is 15.7. The fourth-order valence-corrected chi connectivity index (χ4v) is 4.54. The van der Waals surface area contributed by atoms with Gasteiger partial charge in [0.25, 0.3) is 0 Å². The van der Waals surface area contributed by atoms with E-state index in [4.69, 9.17) is 4.74 Å². The molecule has 1 amide bonds. The molecule has 7 nitrogen and oxygen atoms in total. The van der Waals surface area contributed by atoms with Crippen LogP contribution >= 0.6 is 0 Å². The van der Waals surface area contributed by atoms with Crippen LogP contribution in [0.1, 0.15) is 38.0 Å². The van der Waals surface area contributed by atoms with Crippen LogP contribution in [-0.2, 0) is 4.74 Å².